The molecule has 0 saturated heterocycles. The number of benzene rings is 1. The summed E-state index contributed by atoms with van der Waals surface area (Å²) in [5, 5.41) is -0.269. The number of halogens is 1. The Bertz CT molecular complexity index is 1470. The van der Waals surface area contributed by atoms with Gasteiger partial charge >= 0.3 is 0 Å². The molecule has 3 unspecified atom stereocenters. The van der Waals surface area contributed by atoms with Crippen LogP contribution in [0.25, 0.3) is 11.3 Å². The highest BCUT2D eigenvalue weighted by molar-refractivity contribution is 7.90. The van der Waals surface area contributed by atoms with Crippen LogP contribution in [0.2, 0.25) is 0 Å². The predicted molar refractivity (Wildman–Crippen MR) is 150 cm³/mol. The average molecular weight is 560 g/mol. The highest BCUT2D eigenvalue weighted by Gasteiger charge is 2.33. The summed E-state index contributed by atoms with van der Waals surface area (Å²) in [6.07, 6.45) is 1.52. The molecule has 1 amide bonds. The van der Waals surface area contributed by atoms with Gasteiger partial charge in [-0.05, 0) is 73.9 Å². The van der Waals surface area contributed by atoms with E-state index in [0.717, 1.165) is 12.8 Å². The molecule has 10 heteroatoms. The molecule has 0 radical (unpaired) electrons. The van der Waals surface area contributed by atoms with Crippen LogP contribution in [0.4, 0.5) is 4.39 Å². The van der Waals surface area contributed by atoms with E-state index in [1.54, 1.807) is 25.1 Å². The molecule has 4 rings (SSSR count). The summed E-state index contributed by atoms with van der Waals surface area (Å²) >= 11 is 0. The Morgan fingerprint density at radius 2 is 1.90 bits per heavy atom. The van der Waals surface area contributed by atoms with Crippen molar-refractivity contribution in [2.75, 3.05) is 6.61 Å². The second-order valence-electron chi connectivity index (χ2n) is 10.6. The van der Waals surface area contributed by atoms with Crippen LogP contribution < -0.4 is 14.2 Å². The third-order valence-electron chi connectivity index (χ3n) is 6.87. The van der Waals surface area contributed by atoms with E-state index in [2.05, 4.69) is 28.5 Å². The minimum absolute atomic E-state index is 0. The minimum Gasteiger partial charge on any atom is -0.493 e. The van der Waals surface area contributed by atoms with E-state index < -0.39 is 21.7 Å². The van der Waals surface area contributed by atoms with Crippen LogP contribution in [0, 0.1) is 30.5 Å². The van der Waals surface area contributed by atoms with Crippen LogP contribution in [0.3, 0.4) is 0 Å². The van der Waals surface area contributed by atoms with Crippen molar-refractivity contribution in [3.8, 4) is 22.9 Å². The number of rotatable bonds is 9. The fraction of sp³-hybridized carbons (Fsp3) is 0.414. The number of ether oxygens (including phenoxy) is 2. The molecule has 39 heavy (non-hydrogen) atoms. The van der Waals surface area contributed by atoms with Crippen molar-refractivity contribution in [2.24, 2.45) is 17.8 Å². The van der Waals surface area contributed by atoms with Gasteiger partial charge in [0, 0.05) is 20.2 Å². The maximum absolute atomic E-state index is 14.5. The van der Waals surface area contributed by atoms with Crippen LogP contribution in [0.15, 0.2) is 53.6 Å². The Balaban J connectivity index is 0.00000294. The van der Waals surface area contributed by atoms with Gasteiger partial charge in [-0.25, -0.2) is 19.1 Å². The lowest BCUT2D eigenvalue weighted by Gasteiger charge is -2.21. The van der Waals surface area contributed by atoms with Crippen LogP contribution in [-0.4, -0.2) is 37.0 Å². The van der Waals surface area contributed by atoms with Gasteiger partial charge in [0.05, 0.1) is 12.3 Å². The second-order valence-corrected chi connectivity index (χ2v) is 12.2. The maximum Gasteiger partial charge on any atom is 0.281 e. The summed E-state index contributed by atoms with van der Waals surface area (Å²) in [4.78, 5) is 21.8. The number of aromatic nitrogens is 2. The molecule has 212 valence electrons. The van der Waals surface area contributed by atoms with Crippen molar-refractivity contribution in [3.05, 3.63) is 65.6 Å². The molecule has 1 N–H and O–H groups in total. The predicted octanol–water partition coefficient (Wildman–Crippen LogP) is 6.05. The Kier molecular flexibility index (Phi) is 8.54. The first-order valence-electron chi connectivity index (χ1n) is 13.0. The molecular formula is C29H38FN3O5S. The van der Waals surface area contributed by atoms with Crippen molar-refractivity contribution in [2.45, 2.75) is 58.6 Å². The molecule has 1 aliphatic carbocycles. The smallest absolute Gasteiger partial charge is 0.281 e. The first kappa shape index (κ1) is 28.5. The van der Waals surface area contributed by atoms with Crippen LogP contribution >= 0.6 is 0 Å². The van der Waals surface area contributed by atoms with Gasteiger partial charge in [0.15, 0.2) is 5.03 Å². The van der Waals surface area contributed by atoms with Crippen LogP contribution in [0.5, 0.6) is 11.6 Å². The van der Waals surface area contributed by atoms with Gasteiger partial charge in [-0.15, -0.1) is 0 Å². The molecule has 8 nitrogen and oxygen atoms in total. The van der Waals surface area contributed by atoms with Gasteiger partial charge < -0.3 is 9.47 Å². The summed E-state index contributed by atoms with van der Waals surface area (Å²) in [7, 11) is -4.24. The third-order valence-corrected chi connectivity index (χ3v) is 8.11. The zero-order valence-corrected chi connectivity index (χ0v) is 23.6. The fourth-order valence-electron chi connectivity index (χ4n) is 4.45. The zero-order chi connectivity index (χ0) is 28.3. The topological polar surface area (TPSA) is 107 Å². The van der Waals surface area contributed by atoms with Crippen molar-refractivity contribution in [1.29, 1.82) is 0 Å². The molecule has 2 heterocycles. The number of carbonyl (C=O) groups is 1. The Morgan fingerprint density at radius 1 is 1.13 bits per heavy atom. The van der Waals surface area contributed by atoms with Crippen LogP contribution in [-0.2, 0) is 10.0 Å². The number of pyridine rings is 2. The molecule has 0 bridgehead atoms. The summed E-state index contributed by atoms with van der Waals surface area (Å²) in [5.41, 5.74) is 1.25. The number of sulfonamides is 1. The summed E-state index contributed by atoms with van der Waals surface area (Å²) < 4.78 is 54.3. The molecule has 1 aliphatic rings. The first-order chi connectivity index (χ1) is 18.4. The van der Waals surface area contributed by atoms with Gasteiger partial charge in [-0.3, -0.25) is 4.79 Å². The molecule has 3 aromatic rings. The van der Waals surface area contributed by atoms with Crippen molar-refractivity contribution in [1.82, 2.24) is 14.7 Å². The third kappa shape index (κ3) is 6.92. The van der Waals surface area contributed by atoms with E-state index in [1.807, 2.05) is 13.8 Å². The minimum atomic E-state index is -4.24. The number of hydrogen-bond acceptors (Lipinski definition) is 7. The highest BCUT2D eigenvalue weighted by Crippen LogP contribution is 2.35. The molecule has 3 atom stereocenters. The largest absolute Gasteiger partial charge is 0.493 e. The van der Waals surface area contributed by atoms with Gasteiger partial charge in [-0.2, -0.15) is 8.42 Å². The van der Waals surface area contributed by atoms with E-state index in [9.17, 15) is 17.6 Å². The Labute approximate surface area is 232 Å². The van der Waals surface area contributed by atoms with Gasteiger partial charge in [0.2, 0.25) is 5.88 Å². The van der Waals surface area contributed by atoms with Crippen molar-refractivity contribution >= 4 is 15.9 Å². The molecular weight excluding hydrogens is 521 g/mol. The number of hydrogen-bond donors (Lipinski definition) is 1. The van der Waals surface area contributed by atoms with E-state index >= 15 is 0 Å². The lowest BCUT2D eigenvalue weighted by Crippen LogP contribution is -2.32. The maximum atomic E-state index is 14.5. The van der Waals surface area contributed by atoms with Gasteiger partial charge in [0.1, 0.15) is 23.2 Å². The van der Waals surface area contributed by atoms with E-state index in [4.69, 9.17) is 9.47 Å². The number of carbonyl (C=O) groups excluding carboxylic acids is 1. The summed E-state index contributed by atoms with van der Waals surface area (Å²) in [6, 6.07) is 11.8. The fourth-order valence-corrected chi connectivity index (χ4v) is 5.43. The van der Waals surface area contributed by atoms with Gasteiger partial charge in [0.25, 0.3) is 15.9 Å². The summed E-state index contributed by atoms with van der Waals surface area (Å²) in [6.45, 7) is 10.3. The highest BCUT2D eigenvalue weighted by atomic mass is 32.2. The normalized spacial score (nSPS) is 19.2. The standard InChI is InChI=1S/C29H34FN3O5S.2H2/c1-17(2)16-37-23-14-21(13-22(30)15-23)25-11-10-24(29(32-25)38-26-12-9-18(3)20(26)5)28(34)33-39(35,36)27-8-6-7-19(4)31-27;;/h6-8,10-11,13-15,17-18,20,26H,9,12,16H2,1-5H3,(H,33,34);2*1H. The quantitative estimate of drug-likeness (QED) is 0.340. The molecule has 0 aliphatic heterocycles. The lowest BCUT2D eigenvalue weighted by atomic mass is 9.99. The number of nitrogens with zero attached hydrogens (tertiary/aromatic N) is 2. The monoisotopic (exact) mass is 559 g/mol. The average Bonchev–Trinajstić information content (AvgIpc) is 3.19. The molecule has 2 aromatic heterocycles. The first-order valence-corrected chi connectivity index (χ1v) is 14.5. The molecule has 0 spiro atoms. The summed E-state index contributed by atoms with van der Waals surface area (Å²) in [5.74, 6) is -0.158. The second kappa shape index (κ2) is 11.7. The molecule has 1 saturated carbocycles. The van der Waals surface area contributed by atoms with Crippen molar-refractivity contribution in [3.63, 3.8) is 0 Å². The zero-order valence-electron chi connectivity index (χ0n) is 22.8. The van der Waals surface area contributed by atoms with E-state index in [0.29, 0.717) is 35.2 Å². The number of aryl methyl sites for hydroxylation is 1. The Hall–Kier alpha value is -3.53. The molecule has 1 fully saturated rings. The lowest BCUT2D eigenvalue weighted by molar-refractivity contribution is 0.0966. The number of nitrogens with one attached hydrogen (secondary N) is 1. The molecule has 1 aromatic carbocycles. The van der Waals surface area contributed by atoms with E-state index in [-0.39, 0.29) is 37.3 Å². The van der Waals surface area contributed by atoms with Crippen LogP contribution in [0.1, 0.15) is 59.4 Å². The van der Waals surface area contributed by atoms with Gasteiger partial charge in [-0.1, -0.05) is 33.8 Å². The van der Waals surface area contributed by atoms with E-state index in [1.165, 1.54) is 30.3 Å². The Morgan fingerprint density at radius 3 is 2.56 bits per heavy atom. The number of amides is 1. The SMILES string of the molecule is Cc1cccc(S(=O)(=O)NC(=O)c2ccc(-c3cc(F)cc(OCC(C)C)c3)nc2OC2CCC(C)C2C)n1.[HH].[HH]. The van der Waals surface area contributed by atoms with Crippen molar-refractivity contribution < 1.29 is 29.9 Å².